The van der Waals surface area contributed by atoms with Crippen LogP contribution in [0.5, 0.6) is 5.75 Å². The second-order valence-electron chi connectivity index (χ2n) is 8.16. The number of hydrogen-bond acceptors (Lipinski definition) is 4. The highest BCUT2D eigenvalue weighted by atomic mass is 35.5. The van der Waals surface area contributed by atoms with Crippen LogP contribution in [0.25, 0.3) is 0 Å². The Balaban J connectivity index is 2.16. The number of halogens is 2. The summed E-state index contributed by atoms with van der Waals surface area (Å²) in [7, 11) is 1.61. The van der Waals surface area contributed by atoms with Gasteiger partial charge in [0.1, 0.15) is 11.8 Å². The first-order valence-electron chi connectivity index (χ1n) is 11.0. The lowest BCUT2D eigenvalue weighted by molar-refractivity contribution is -0.139. The van der Waals surface area contributed by atoms with E-state index in [1.807, 2.05) is 51.1 Å². The Morgan fingerprint density at radius 1 is 1.15 bits per heavy atom. The van der Waals surface area contributed by atoms with Gasteiger partial charge < -0.3 is 15.0 Å². The molecule has 0 aliphatic rings. The molecule has 5 nitrogen and oxygen atoms in total. The average Bonchev–Trinajstić information content (AvgIpc) is 2.79. The molecule has 0 spiro atoms. The lowest BCUT2D eigenvalue weighted by Gasteiger charge is -2.31. The van der Waals surface area contributed by atoms with Crippen molar-refractivity contribution in [2.75, 3.05) is 19.4 Å². The van der Waals surface area contributed by atoms with Crippen molar-refractivity contribution in [1.29, 1.82) is 0 Å². The van der Waals surface area contributed by atoms with Gasteiger partial charge in [0.05, 0.1) is 12.9 Å². The number of carbonyl (C=O) groups excluding carboxylic acids is 2. The summed E-state index contributed by atoms with van der Waals surface area (Å²) >= 11 is 13.7. The van der Waals surface area contributed by atoms with Gasteiger partial charge in [0.2, 0.25) is 11.8 Å². The van der Waals surface area contributed by atoms with Crippen LogP contribution in [0, 0.1) is 5.92 Å². The monoisotopic (exact) mass is 510 g/mol. The Bertz CT molecular complexity index is 940. The molecule has 0 saturated heterocycles. The van der Waals surface area contributed by atoms with Crippen molar-refractivity contribution in [3.8, 4) is 5.75 Å². The normalized spacial score (nSPS) is 11.8. The van der Waals surface area contributed by atoms with E-state index < -0.39 is 6.04 Å². The maximum Gasteiger partial charge on any atom is 0.242 e. The summed E-state index contributed by atoms with van der Waals surface area (Å²) in [4.78, 5) is 27.9. The Morgan fingerprint density at radius 2 is 1.91 bits per heavy atom. The number of nitrogens with zero attached hydrogens (tertiary/aromatic N) is 1. The highest BCUT2D eigenvalue weighted by Gasteiger charge is 2.28. The molecule has 0 fully saturated rings. The van der Waals surface area contributed by atoms with Crippen molar-refractivity contribution >= 4 is 46.8 Å². The third kappa shape index (κ3) is 8.76. The van der Waals surface area contributed by atoms with E-state index in [2.05, 4.69) is 5.32 Å². The molecule has 33 heavy (non-hydrogen) atoms. The van der Waals surface area contributed by atoms with Gasteiger partial charge in [-0.05, 0) is 47.7 Å². The molecule has 1 N–H and O–H groups in total. The summed E-state index contributed by atoms with van der Waals surface area (Å²) < 4.78 is 5.32. The minimum Gasteiger partial charge on any atom is -0.497 e. The van der Waals surface area contributed by atoms with E-state index in [-0.39, 0.29) is 17.6 Å². The molecule has 0 aliphatic heterocycles. The van der Waals surface area contributed by atoms with E-state index in [4.69, 9.17) is 27.9 Å². The number of thioether (sulfide) groups is 1. The lowest BCUT2D eigenvalue weighted by Crippen LogP contribution is -2.50. The van der Waals surface area contributed by atoms with E-state index in [1.165, 1.54) is 11.8 Å². The SMILES string of the molecule is CCC(C(=O)NCC(C)C)N(Cc1cccc(OC)c1)C(=O)CSCc1ccc(Cl)cc1Cl. The van der Waals surface area contributed by atoms with Gasteiger partial charge in [-0.25, -0.2) is 0 Å². The number of ether oxygens (including phenoxy) is 1. The van der Waals surface area contributed by atoms with Crippen LogP contribution < -0.4 is 10.1 Å². The molecule has 8 heteroatoms. The number of rotatable bonds is 12. The topological polar surface area (TPSA) is 58.6 Å². The van der Waals surface area contributed by atoms with Gasteiger partial charge >= 0.3 is 0 Å². The number of hydrogen-bond donors (Lipinski definition) is 1. The molecule has 0 bridgehead atoms. The number of methoxy groups -OCH3 is 1. The summed E-state index contributed by atoms with van der Waals surface area (Å²) in [5.74, 6) is 1.62. The standard InChI is InChI=1S/C25H32Cl2N2O3S/c1-5-23(25(31)28-13-17(2)3)29(14-18-7-6-8-21(11-18)32-4)24(30)16-33-15-19-9-10-20(26)12-22(19)27/h6-12,17,23H,5,13-16H2,1-4H3,(H,28,31). The fourth-order valence-electron chi connectivity index (χ4n) is 3.28. The van der Waals surface area contributed by atoms with Crippen LogP contribution >= 0.6 is 35.0 Å². The van der Waals surface area contributed by atoms with Crippen molar-refractivity contribution in [3.63, 3.8) is 0 Å². The summed E-state index contributed by atoms with van der Waals surface area (Å²) in [6.45, 7) is 6.90. The van der Waals surface area contributed by atoms with Gasteiger partial charge in [0.15, 0.2) is 0 Å². The predicted molar refractivity (Wildman–Crippen MR) is 138 cm³/mol. The average molecular weight is 512 g/mol. The number of carbonyl (C=O) groups is 2. The van der Waals surface area contributed by atoms with Crippen LogP contribution in [-0.4, -0.2) is 42.2 Å². The van der Waals surface area contributed by atoms with E-state index >= 15 is 0 Å². The van der Waals surface area contributed by atoms with Crippen LogP contribution in [-0.2, 0) is 21.9 Å². The fraction of sp³-hybridized carbons (Fsp3) is 0.440. The van der Waals surface area contributed by atoms with Crippen LogP contribution in [0.2, 0.25) is 10.0 Å². The second kappa shape index (κ2) is 13.7. The molecule has 0 aliphatic carbocycles. The van der Waals surface area contributed by atoms with Crippen molar-refractivity contribution in [1.82, 2.24) is 10.2 Å². The first-order chi connectivity index (χ1) is 15.7. The molecular weight excluding hydrogens is 479 g/mol. The summed E-state index contributed by atoms with van der Waals surface area (Å²) in [5, 5.41) is 4.13. The zero-order valence-electron chi connectivity index (χ0n) is 19.6. The van der Waals surface area contributed by atoms with E-state index in [0.717, 1.165) is 11.1 Å². The highest BCUT2D eigenvalue weighted by Crippen LogP contribution is 2.25. The van der Waals surface area contributed by atoms with Crippen molar-refractivity contribution in [3.05, 3.63) is 63.6 Å². The van der Waals surface area contributed by atoms with Crippen LogP contribution in [0.4, 0.5) is 0 Å². The molecule has 1 unspecified atom stereocenters. The van der Waals surface area contributed by atoms with E-state index in [0.29, 0.717) is 47.0 Å². The number of benzene rings is 2. The molecule has 0 radical (unpaired) electrons. The Morgan fingerprint density at radius 3 is 2.55 bits per heavy atom. The zero-order valence-corrected chi connectivity index (χ0v) is 21.9. The van der Waals surface area contributed by atoms with Crippen LogP contribution in [0.15, 0.2) is 42.5 Å². The van der Waals surface area contributed by atoms with Gasteiger partial charge in [0, 0.05) is 28.9 Å². The molecule has 0 saturated carbocycles. The van der Waals surface area contributed by atoms with Gasteiger partial charge in [-0.1, -0.05) is 62.2 Å². The van der Waals surface area contributed by atoms with Crippen molar-refractivity contribution in [2.45, 2.75) is 45.5 Å². The molecule has 1 atom stereocenters. The predicted octanol–water partition coefficient (Wildman–Crippen LogP) is 5.81. The second-order valence-corrected chi connectivity index (χ2v) is 9.99. The third-order valence-electron chi connectivity index (χ3n) is 5.06. The zero-order chi connectivity index (χ0) is 24.4. The first kappa shape index (κ1) is 27.4. The molecule has 2 amide bonds. The number of amides is 2. The maximum atomic E-state index is 13.3. The highest BCUT2D eigenvalue weighted by molar-refractivity contribution is 7.99. The Labute approximate surface area is 211 Å². The number of nitrogens with one attached hydrogen (secondary N) is 1. The summed E-state index contributed by atoms with van der Waals surface area (Å²) in [5.41, 5.74) is 1.82. The fourth-order valence-corrected chi connectivity index (χ4v) is 4.75. The summed E-state index contributed by atoms with van der Waals surface area (Å²) in [6.07, 6.45) is 0.521. The van der Waals surface area contributed by atoms with Crippen molar-refractivity contribution < 1.29 is 14.3 Å². The largest absolute Gasteiger partial charge is 0.497 e. The molecule has 2 aromatic rings. The first-order valence-corrected chi connectivity index (χ1v) is 12.9. The maximum absolute atomic E-state index is 13.3. The van der Waals surface area contributed by atoms with Gasteiger partial charge in [-0.3, -0.25) is 9.59 Å². The van der Waals surface area contributed by atoms with Gasteiger partial charge in [-0.2, -0.15) is 0 Å². The minimum atomic E-state index is -0.554. The molecule has 0 aromatic heterocycles. The lowest BCUT2D eigenvalue weighted by atomic mass is 10.1. The summed E-state index contributed by atoms with van der Waals surface area (Å²) in [6, 6.07) is 12.4. The quantitative estimate of drug-likeness (QED) is 0.391. The third-order valence-corrected chi connectivity index (χ3v) is 6.61. The smallest absolute Gasteiger partial charge is 0.242 e. The Kier molecular flexibility index (Phi) is 11.4. The van der Waals surface area contributed by atoms with Crippen molar-refractivity contribution in [2.24, 2.45) is 5.92 Å². The van der Waals surface area contributed by atoms with Gasteiger partial charge in [0.25, 0.3) is 0 Å². The molecule has 0 heterocycles. The molecule has 2 rings (SSSR count). The van der Waals surface area contributed by atoms with E-state index in [1.54, 1.807) is 24.1 Å². The van der Waals surface area contributed by atoms with Gasteiger partial charge in [-0.15, -0.1) is 11.8 Å². The Hall–Kier alpha value is -1.89. The van der Waals surface area contributed by atoms with Crippen LogP contribution in [0.1, 0.15) is 38.3 Å². The van der Waals surface area contributed by atoms with E-state index in [9.17, 15) is 9.59 Å². The molecular formula is C25H32Cl2N2O3S. The minimum absolute atomic E-state index is 0.0977. The van der Waals surface area contributed by atoms with Crippen LogP contribution in [0.3, 0.4) is 0 Å². The molecule has 180 valence electrons. The molecule has 2 aromatic carbocycles.